The monoisotopic (exact) mass is 556 g/mol. The van der Waals surface area contributed by atoms with Gasteiger partial charge in [0.25, 0.3) is 0 Å². The van der Waals surface area contributed by atoms with E-state index in [-0.39, 0.29) is 11.1 Å². The molecule has 1 unspecified atom stereocenters. The quantitative estimate of drug-likeness (QED) is 0.194. The van der Waals surface area contributed by atoms with Gasteiger partial charge in [-0.05, 0) is 96.6 Å². The SMILES string of the molecule is CN(CC(O)CNC(C)(C)Cc1ccc2ccccc2c1)Sc1cccc(-c2cc3c(c(C(=O)O)c2)OCC3)c1. The summed E-state index contributed by atoms with van der Waals surface area (Å²) in [7, 11) is 1.97. The normalized spacial score (nSPS) is 13.8. The molecule has 4 aromatic carbocycles. The standard InChI is InChI=1S/C33H36N2O4S/c1-33(2,19-22-11-12-23-7-4-5-8-24(23)15-22)34-20-28(36)21-35(3)40-29-10-6-9-25(17-29)27-16-26-13-14-39-31(26)30(18-27)32(37)38/h4-12,15-18,28,34,36H,13-14,19-21H2,1-3H3,(H,37,38). The lowest BCUT2D eigenvalue weighted by Crippen LogP contribution is -2.46. The van der Waals surface area contributed by atoms with Gasteiger partial charge in [-0.1, -0.05) is 54.6 Å². The molecule has 1 aliphatic rings. The number of carbonyl (C=O) groups is 1. The van der Waals surface area contributed by atoms with E-state index in [1.54, 1.807) is 18.0 Å². The number of fused-ring (bicyclic) bond motifs is 2. The van der Waals surface area contributed by atoms with Crippen molar-refractivity contribution in [2.75, 3.05) is 26.7 Å². The number of aromatic carboxylic acids is 1. The molecule has 0 radical (unpaired) electrons. The number of hydrogen-bond donors (Lipinski definition) is 3. The van der Waals surface area contributed by atoms with Crippen LogP contribution in [0.25, 0.3) is 21.9 Å². The minimum absolute atomic E-state index is 0.167. The van der Waals surface area contributed by atoms with Crippen LogP contribution in [-0.2, 0) is 12.8 Å². The number of carboxylic acid groups (broad SMARTS) is 1. The van der Waals surface area contributed by atoms with Gasteiger partial charge in [-0.25, -0.2) is 9.10 Å². The van der Waals surface area contributed by atoms with Gasteiger partial charge >= 0.3 is 5.97 Å². The molecular weight excluding hydrogens is 520 g/mol. The van der Waals surface area contributed by atoms with E-state index in [1.807, 2.05) is 35.6 Å². The van der Waals surface area contributed by atoms with Crippen molar-refractivity contribution in [1.29, 1.82) is 0 Å². The van der Waals surface area contributed by atoms with E-state index < -0.39 is 12.1 Å². The van der Waals surface area contributed by atoms with Gasteiger partial charge in [0.15, 0.2) is 0 Å². The Hall–Kier alpha value is -3.36. The zero-order chi connectivity index (χ0) is 28.3. The summed E-state index contributed by atoms with van der Waals surface area (Å²) in [5.41, 5.74) is 4.06. The molecular formula is C33H36N2O4S. The predicted molar refractivity (Wildman–Crippen MR) is 162 cm³/mol. The molecule has 1 atom stereocenters. The fourth-order valence-corrected chi connectivity index (χ4v) is 6.19. The number of nitrogens with one attached hydrogen (secondary N) is 1. The van der Waals surface area contributed by atoms with Crippen molar-refractivity contribution in [2.24, 2.45) is 0 Å². The Labute approximate surface area is 240 Å². The van der Waals surface area contributed by atoms with Crippen LogP contribution in [0.5, 0.6) is 5.75 Å². The van der Waals surface area contributed by atoms with Crippen molar-refractivity contribution in [3.8, 4) is 16.9 Å². The van der Waals surface area contributed by atoms with Crippen LogP contribution >= 0.6 is 11.9 Å². The molecule has 0 saturated heterocycles. The van der Waals surface area contributed by atoms with Crippen LogP contribution in [0.4, 0.5) is 0 Å². The molecule has 0 spiro atoms. The minimum Gasteiger partial charge on any atom is -0.492 e. The molecule has 0 amide bonds. The van der Waals surface area contributed by atoms with Gasteiger partial charge in [-0.2, -0.15) is 0 Å². The molecule has 40 heavy (non-hydrogen) atoms. The summed E-state index contributed by atoms with van der Waals surface area (Å²) >= 11 is 1.56. The number of β-amino-alcohol motifs (C(OH)–C–C–N with tert-alkyl or cyclic N) is 1. The summed E-state index contributed by atoms with van der Waals surface area (Å²) < 4.78 is 7.59. The second-order valence-corrected chi connectivity index (χ2v) is 12.4. The second-order valence-electron chi connectivity index (χ2n) is 11.1. The van der Waals surface area contributed by atoms with E-state index in [0.29, 0.717) is 31.9 Å². The van der Waals surface area contributed by atoms with E-state index in [4.69, 9.17) is 4.74 Å². The van der Waals surface area contributed by atoms with E-state index >= 15 is 0 Å². The summed E-state index contributed by atoms with van der Waals surface area (Å²) in [6.07, 6.45) is 1.04. The lowest BCUT2D eigenvalue weighted by molar-refractivity contribution is 0.0693. The average Bonchev–Trinajstić information content (AvgIpc) is 3.40. The largest absolute Gasteiger partial charge is 0.492 e. The molecule has 4 aromatic rings. The number of ether oxygens (including phenoxy) is 1. The maximum Gasteiger partial charge on any atom is 0.339 e. The summed E-state index contributed by atoms with van der Waals surface area (Å²) in [5, 5.41) is 26.5. The van der Waals surface area contributed by atoms with E-state index in [2.05, 4.69) is 67.7 Å². The first kappa shape index (κ1) is 28.2. The first-order chi connectivity index (χ1) is 19.2. The number of nitrogens with zero attached hydrogens (tertiary/aromatic N) is 1. The average molecular weight is 557 g/mol. The Kier molecular flexibility index (Phi) is 8.47. The van der Waals surface area contributed by atoms with Gasteiger partial charge in [0.05, 0.1) is 12.7 Å². The summed E-state index contributed by atoms with van der Waals surface area (Å²) in [6, 6.07) is 26.7. The van der Waals surface area contributed by atoms with Crippen LogP contribution in [0.3, 0.4) is 0 Å². The van der Waals surface area contributed by atoms with Crippen molar-refractivity contribution in [3.05, 3.63) is 95.6 Å². The van der Waals surface area contributed by atoms with Crippen molar-refractivity contribution in [3.63, 3.8) is 0 Å². The zero-order valence-corrected chi connectivity index (χ0v) is 24.0. The van der Waals surface area contributed by atoms with E-state index in [0.717, 1.165) is 28.0 Å². The molecule has 0 bridgehead atoms. The number of likely N-dealkylation sites (N-methyl/N-ethyl adjacent to an activating group) is 1. The van der Waals surface area contributed by atoms with Crippen LogP contribution in [0.2, 0.25) is 0 Å². The highest BCUT2D eigenvalue weighted by Gasteiger charge is 2.23. The fraction of sp³-hybridized carbons (Fsp3) is 0.303. The van der Waals surface area contributed by atoms with Crippen LogP contribution in [0, 0.1) is 0 Å². The van der Waals surface area contributed by atoms with E-state index in [1.165, 1.54) is 16.3 Å². The molecule has 1 aliphatic heterocycles. The smallest absolute Gasteiger partial charge is 0.339 e. The summed E-state index contributed by atoms with van der Waals surface area (Å²) in [4.78, 5) is 12.8. The third-order valence-electron chi connectivity index (χ3n) is 7.19. The topological polar surface area (TPSA) is 82.0 Å². The molecule has 3 N–H and O–H groups in total. The first-order valence-corrected chi connectivity index (χ1v) is 14.4. The van der Waals surface area contributed by atoms with Gasteiger partial charge < -0.3 is 20.3 Å². The Morgan fingerprint density at radius 3 is 2.62 bits per heavy atom. The lowest BCUT2D eigenvalue weighted by Gasteiger charge is -2.29. The molecule has 0 aromatic heterocycles. The number of rotatable bonds is 11. The minimum atomic E-state index is -0.978. The third kappa shape index (κ3) is 6.85. The molecule has 1 heterocycles. The Morgan fingerprint density at radius 1 is 1.02 bits per heavy atom. The van der Waals surface area contributed by atoms with Crippen LogP contribution in [-0.4, -0.2) is 58.9 Å². The summed E-state index contributed by atoms with van der Waals surface area (Å²) in [6.45, 7) is 5.82. The fourth-order valence-electron chi connectivity index (χ4n) is 5.26. The number of aliphatic hydroxyl groups excluding tert-OH is 1. The maximum atomic E-state index is 11.8. The molecule has 5 rings (SSSR count). The number of carboxylic acids is 1. The lowest BCUT2D eigenvalue weighted by atomic mass is 9.93. The Bertz CT molecular complexity index is 1520. The second kappa shape index (κ2) is 12.0. The molecule has 6 nitrogen and oxygen atoms in total. The Balaban J connectivity index is 1.16. The maximum absolute atomic E-state index is 11.8. The molecule has 208 valence electrons. The molecule has 0 aliphatic carbocycles. The zero-order valence-electron chi connectivity index (χ0n) is 23.2. The Morgan fingerprint density at radius 2 is 1.82 bits per heavy atom. The van der Waals surface area contributed by atoms with Crippen molar-refractivity contribution in [1.82, 2.24) is 9.62 Å². The van der Waals surface area contributed by atoms with Crippen LogP contribution < -0.4 is 10.1 Å². The molecule has 0 saturated carbocycles. The van der Waals surface area contributed by atoms with Crippen molar-refractivity contribution < 1.29 is 19.7 Å². The summed E-state index contributed by atoms with van der Waals surface area (Å²) in [5.74, 6) is -0.488. The predicted octanol–water partition coefficient (Wildman–Crippen LogP) is 6.05. The van der Waals surface area contributed by atoms with Gasteiger partial charge in [0, 0.05) is 29.9 Å². The van der Waals surface area contributed by atoms with Gasteiger partial charge in [0.2, 0.25) is 0 Å². The molecule has 7 heteroatoms. The highest BCUT2D eigenvalue weighted by molar-refractivity contribution is 7.97. The van der Waals surface area contributed by atoms with Crippen molar-refractivity contribution >= 4 is 28.7 Å². The highest BCUT2D eigenvalue weighted by Crippen LogP contribution is 2.36. The van der Waals surface area contributed by atoms with Crippen LogP contribution in [0.1, 0.15) is 35.3 Å². The number of hydrogen-bond acceptors (Lipinski definition) is 6. The van der Waals surface area contributed by atoms with E-state index in [9.17, 15) is 15.0 Å². The first-order valence-electron chi connectivity index (χ1n) is 13.6. The van der Waals surface area contributed by atoms with Gasteiger partial charge in [-0.15, -0.1) is 0 Å². The van der Waals surface area contributed by atoms with Crippen LogP contribution in [0.15, 0.2) is 83.8 Å². The highest BCUT2D eigenvalue weighted by atomic mass is 32.2. The third-order valence-corrected chi connectivity index (χ3v) is 8.11. The van der Waals surface area contributed by atoms with Gasteiger partial charge in [0.1, 0.15) is 11.3 Å². The van der Waals surface area contributed by atoms with Gasteiger partial charge in [-0.3, -0.25) is 0 Å². The number of aliphatic hydroxyl groups is 1. The molecule has 0 fully saturated rings. The van der Waals surface area contributed by atoms with Crippen molar-refractivity contribution in [2.45, 2.75) is 43.2 Å². The number of benzene rings is 4.